The van der Waals surface area contributed by atoms with Crippen LogP contribution in [0.4, 0.5) is 4.79 Å². The van der Waals surface area contributed by atoms with Gasteiger partial charge in [-0.2, -0.15) is 0 Å². The van der Waals surface area contributed by atoms with E-state index in [9.17, 15) is 9.90 Å². The molecule has 0 aromatic rings. The van der Waals surface area contributed by atoms with Crippen LogP contribution in [0.5, 0.6) is 0 Å². The SMILES string of the molecule is CC1(C)O[C@@H]2O[C@H](OC(=O)O)[C@@H](O)[C@@H]2O1. The van der Waals surface area contributed by atoms with Gasteiger partial charge >= 0.3 is 6.16 Å². The molecule has 86 valence electrons. The first-order valence-corrected chi connectivity index (χ1v) is 4.48. The Morgan fingerprint density at radius 1 is 1.40 bits per heavy atom. The number of ether oxygens (including phenoxy) is 4. The number of carbonyl (C=O) groups is 1. The zero-order valence-corrected chi connectivity index (χ0v) is 8.25. The van der Waals surface area contributed by atoms with Crippen LogP contribution in [0, 0.1) is 0 Å². The van der Waals surface area contributed by atoms with Gasteiger partial charge in [0.05, 0.1) is 0 Å². The van der Waals surface area contributed by atoms with Crippen molar-refractivity contribution in [2.24, 2.45) is 0 Å². The lowest BCUT2D eigenvalue weighted by molar-refractivity contribution is -0.250. The van der Waals surface area contributed by atoms with Crippen molar-refractivity contribution in [3.05, 3.63) is 0 Å². The highest BCUT2D eigenvalue weighted by Crippen LogP contribution is 2.37. The van der Waals surface area contributed by atoms with Crippen LogP contribution in [0.25, 0.3) is 0 Å². The van der Waals surface area contributed by atoms with Crippen LogP contribution in [-0.4, -0.2) is 46.9 Å². The molecule has 2 aliphatic heterocycles. The molecule has 2 N–H and O–H groups in total. The summed E-state index contributed by atoms with van der Waals surface area (Å²) < 4.78 is 20.0. The van der Waals surface area contributed by atoms with Gasteiger partial charge in [-0.1, -0.05) is 0 Å². The zero-order chi connectivity index (χ0) is 11.2. The summed E-state index contributed by atoms with van der Waals surface area (Å²) in [6.07, 6.45) is -5.46. The Kier molecular flexibility index (Phi) is 2.34. The molecule has 4 atom stereocenters. The third-order valence-corrected chi connectivity index (χ3v) is 2.19. The van der Waals surface area contributed by atoms with E-state index in [1.165, 1.54) is 0 Å². The molecule has 2 saturated heterocycles. The molecule has 0 aromatic heterocycles. The molecule has 0 spiro atoms. The van der Waals surface area contributed by atoms with Gasteiger partial charge in [0.1, 0.15) is 12.2 Å². The fourth-order valence-corrected chi connectivity index (χ4v) is 1.66. The summed E-state index contributed by atoms with van der Waals surface area (Å²) in [5, 5.41) is 18.0. The van der Waals surface area contributed by atoms with E-state index >= 15 is 0 Å². The van der Waals surface area contributed by atoms with Gasteiger partial charge in [-0.15, -0.1) is 0 Å². The van der Waals surface area contributed by atoms with E-state index in [2.05, 4.69) is 4.74 Å². The molecule has 2 rings (SSSR count). The van der Waals surface area contributed by atoms with Gasteiger partial charge in [-0.3, -0.25) is 0 Å². The van der Waals surface area contributed by atoms with Crippen LogP contribution in [0.2, 0.25) is 0 Å². The fourth-order valence-electron chi connectivity index (χ4n) is 1.66. The first-order valence-electron chi connectivity index (χ1n) is 4.48. The smallest absolute Gasteiger partial charge is 0.450 e. The minimum Gasteiger partial charge on any atom is -0.450 e. The minimum atomic E-state index is -1.52. The van der Waals surface area contributed by atoms with Crippen molar-refractivity contribution < 1.29 is 34.0 Å². The molecule has 0 radical (unpaired) electrons. The van der Waals surface area contributed by atoms with Crippen molar-refractivity contribution in [2.75, 3.05) is 0 Å². The quantitative estimate of drug-likeness (QED) is 0.594. The number of rotatable bonds is 1. The molecule has 15 heavy (non-hydrogen) atoms. The Hall–Kier alpha value is -0.890. The average Bonchev–Trinajstić information content (AvgIpc) is 2.48. The van der Waals surface area contributed by atoms with E-state index in [0.29, 0.717) is 0 Å². The predicted octanol–water partition coefficient (Wildman–Crippen LogP) is -0.124. The van der Waals surface area contributed by atoms with Crippen LogP contribution in [0.1, 0.15) is 13.8 Å². The summed E-state index contributed by atoms with van der Waals surface area (Å²) in [6, 6.07) is 0. The van der Waals surface area contributed by atoms with E-state index in [1.54, 1.807) is 13.8 Å². The Morgan fingerprint density at radius 2 is 2.07 bits per heavy atom. The van der Waals surface area contributed by atoms with Gasteiger partial charge in [0, 0.05) is 0 Å². The third-order valence-electron chi connectivity index (χ3n) is 2.19. The van der Waals surface area contributed by atoms with Crippen molar-refractivity contribution in [1.82, 2.24) is 0 Å². The first-order chi connectivity index (χ1) is 6.89. The maximum absolute atomic E-state index is 10.3. The minimum absolute atomic E-state index is 0.718. The molecule has 2 aliphatic rings. The van der Waals surface area contributed by atoms with Gasteiger partial charge < -0.3 is 29.2 Å². The summed E-state index contributed by atoms with van der Waals surface area (Å²) in [6.45, 7) is 3.35. The van der Waals surface area contributed by atoms with E-state index in [0.717, 1.165) is 0 Å². The number of aliphatic hydroxyl groups is 1. The highest BCUT2D eigenvalue weighted by molar-refractivity contribution is 5.57. The molecular weight excluding hydrogens is 208 g/mol. The Balaban J connectivity index is 2.01. The molecule has 2 fully saturated rings. The highest BCUT2D eigenvalue weighted by atomic mass is 16.9. The molecule has 0 amide bonds. The van der Waals surface area contributed by atoms with Gasteiger partial charge in [-0.25, -0.2) is 4.79 Å². The topological polar surface area (TPSA) is 94.5 Å². The highest BCUT2D eigenvalue weighted by Gasteiger charge is 2.55. The van der Waals surface area contributed by atoms with E-state index in [-0.39, 0.29) is 0 Å². The van der Waals surface area contributed by atoms with Crippen molar-refractivity contribution in [3.8, 4) is 0 Å². The molecule has 0 saturated carbocycles. The summed E-state index contributed by atoms with van der Waals surface area (Å²) in [5.74, 6) is -0.843. The standard InChI is InChI=1S/C8H12O7/c1-8(2)14-4-3(9)5(13-7(10)11)12-6(4)15-8/h3-6,9H,1-2H3,(H,10,11)/t3-,4-,5+,6-/m0/s1. The lowest BCUT2D eigenvalue weighted by Crippen LogP contribution is -2.36. The maximum Gasteiger partial charge on any atom is 0.508 e. The number of hydrogen-bond acceptors (Lipinski definition) is 6. The molecule has 0 aliphatic carbocycles. The molecule has 7 nitrogen and oxygen atoms in total. The van der Waals surface area contributed by atoms with Gasteiger partial charge in [0.25, 0.3) is 0 Å². The summed E-state index contributed by atoms with van der Waals surface area (Å²) >= 11 is 0. The van der Waals surface area contributed by atoms with Gasteiger partial charge in [0.15, 0.2) is 12.1 Å². The van der Waals surface area contributed by atoms with Gasteiger partial charge in [-0.05, 0) is 13.8 Å². The first kappa shape index (κ1) is 10.6. The molecule has 0 aromatic carbocycles. The molecule has 0 unspecified atom stereocenters. The van der Waals surface area contributed by atoms with Crippen LogP contribution in [0.15, 0.2) is 0 Å². The second-order valence-corrected chi connectivity index (χ2v) is 3.85. The second-order valence-electron chi connectivity index (χ2n) is 3.85. The van der Waals surface area contributed by atoms with Crippen LogP contribution >= 0.6 is 0 Å². The van der Waals surface area contributed by atoms with Crippen LogP contribution in [0.3, 0.4) is 0 Å². The Morgan fingerprint density at radius 3 is 2.60 bits per heavy atom. The van der Waals surface area contributed by atoms with Crippen molar-refractivity contribution in [1.29, 1.82) is 0 Å². The fraction of sp³-hybridized carbons (Fsp3) is 0.875. The normalized spacial score (nSPS) is 42.6. The average molecular weight is 220 g/mol. The monoisotopic (exact) mass is 220 g/mol. The summed E-state index contributed by atoms with van der Waals surface area (Å²) in [5.41, 5.74) is 0. The van der Waals surface area contributed by atoms with Crippen LogP contribution < -0.4 is 0 Å². The lowest BCUT2D eigenvalue weighted by atomic mass is 10.2. The summed E-state index contributed by atoms with van der Waals surface area (Å²) in [7, 11) is 0. The molecular formula is C8H12O7. The predicted molar refractivity (Wildman–Crippen MR) is 43.8 cm³/mol. The molecule has 2 heterocycles. The van der Waals surface area contributed by atoms with Crippen molar-refractivity contribution >= 4 is 6.16 Å². The second kappa shape index (κ2) is 3.31. The molecule has 0 bridgehead atoms. The number of fused-ring (bicyclic) bond motifs is 1. The van der Waals surface area contributed by atoms with Gasteiger partial charge in [0.2, 0.25) is 6.29 Å². The number of hydrogen-bond donors (Lipinski definition) is 2. The number of aliphatic hydroxyl groups excluding tert-OH is 1. The van der Waals surface area contributed by atoms with E-state index in [1.807, 2.05) is 0 Å². The molecule has 7 heteroatoms. The lowest BCUT2D eigenvalue weighted by Gasteiger charge is -2.21. The largest absolute Gasteiger partial charge is 0.508 e. The van der Waals surface area contributed by atoms with E-state index in [4.69, 9.17) is 19.3 Å². The van der Waals surface area contributed by atoms with E-state index < -0.39 is 36.7 Å². The zero-order valence-electron chi connectivity index (χ0n) is 8.25. The third kappa shape index (κ3) is 1.91. The Labute approximate surface area is 85.5 Å². The van der Waals surface area contributed by atoms with Crippen molar-refractivity contribution in [3.63, 3.8) is 0 Å². The summed E-state index contributed by atoms with van der Waals surface area (Å²) in [4.78, 5) is 10.3. The maximum atomic E-state index is 10.3. The number of carboxylic acid groups (broad SMARTS) is 1. The Bertz CT molecular complexity index is 276. The van der Waals surface area contributed by atoms with Crippen molar-refractivity contribution in [2.45, 2.75) is 44.4 Å². The van der Waals surface area contributed by atoms with Crippen LogP contribution in [-0.2, 0) is 18.9 Å².